The monoisotopic (exact) mass is 425 g/mol. The van der Waals surface area contributed by atoms with Crippen molar-refractivity contribution < 1.29 is 13.0 Å². The minimum atomic E-state index is -3.86. The van der Waals surface area contributed by atoms with Crippen LogP contribution in [0, 0.1) is 0 Å². The Morgan fingerprint density at radius 2 is 1.24 bits per heavy atom. The predicted molar refractivity (Wildman–Crippen MR) is 122 cm³/mol. The van der Waals surface area contributed by atoms with Crippen molar-refractivity contribution in [3.8, 4) is 0 Å². The first-order valence-electron chi connectivity index (χ1n) is 11.8. The maximum absolute atomic E-state index is 12.2. The van der Waals surface area contributed by atoms with Gasteiger partial charge in [0.1, 0.15) is 0 Å². The zero-order valence-electron chi connectivity index (χ0n) is 18.8. The molecule has 1 rings (SSSR count). The highest BCUT2D eigenvalue weighted by Gasteiger charge is 2.37. The smallest absolute Gasteiger partial charge is 0.160 e. The van der Waals surface area contributed by atoms with Gasteiger partial charge in [0, 0.05) is 11.6 Å². The lowest BCUT2D eigenvalue weighted by atomic mass is 9.99. The van der Waals surface area contributed by atoms with Crippen molar-refractivity contribution in [2.24, 2.45) is 5.90 Å². The van der Waals surface area contributed by atoms with Crippen LogP contribution in [0.25, 0.3) is 0 Å². The summed E-state index contributed by atoms with van der Waals surface area (Å²) in [6, 6.07) is 5.65. The van der Waals surface area contributed by atoms with Gasteiger partial charge in [-0.05, 0) is 39.7 Å². The number of hydrogen-bond donors (Lipinski definition) is 1. The summed E-state index contributed by atoms with van der Waals surface area (Å²) in [7, 11) is -3.86. The number of benzene rings is 1. The lowest BCUT2D eigenvalue weighted by molar-refractivity contribution is 0.261. The van der Waals surface area contributed by atoms with E-state index in [1.54, 1.807) is 6.07 Å². The van der Waals surface area contributed by atoms with Crippen LogP contribution in [-0.4, -0.2) is 0 Å². The molecule has 5 heteroatoms. The molecule has 0 heterocycles. The Kier molecular flexibility index (Phi) is 14.5. The van der Waals surface area contributed by atoms with E-state index in [1.165, 1.54) is 76.2 Å². The van der Waals surface area contributed by atoms with Crippen LogP contribution < -0.4 is 5.90 Å². The van der Waals surface area contributed by atoms with Crippen LogP contribution in [0.5, 0.6) is 0 Å². The van der Waals surface area contributed by atoms with Gasteiger partial charge in [0.2, 0.25) is 4.90 Å². The van der Waals surface area contributed by atoms with Gasteiger partial charge in [0.25, 0.3) is 0 Å². The van der Waals surface area contributed by atoms with Gasteiger partial charge in [-0.15, -0.1) is 0 Å². The summed E-state index contributed by atoms with van der Waals surface area (Å²) in [5.74, 6) is 5.03. The van der Waals surface area contributed by atoms with E-state index in [0.717, 1.165) is 37.7 Å². The van der Waals surface area contributed by atoms with Crippen LogP contribution in [0.15, 0.2) is 23.1 Å². The Morgan fingerprint density at radius 3 is 1.76 bits per heavy atom. The second kappa shape index (κ2) is 16.0. The van der Waals surface area contributed by atoms with Gasteiger partial charge in [-0.3, -0.25) is 0 Å². The van der Waals surface area contributed by atoms with E-state index in [9.17, 15) is 8.76 Å². The number of aryl methyl sites for hydroxylation is 2. The van der Waals surface area contributed by atoms with Crippen LogP contribution in [0.4, 0.5) is 0 Å². The molecule has 1 atom stereocenters. The van der Waals surface area contributed by atoms with Crippen molar-refractivity contribution in [3.63, 3.8) is 0 Å². The molecule has 0 aliphatic rings. The molecule has 0 aromatic heterocycles. The Hall–Kier alpha value is -0.750. The number of hydrogen-bond acceptors (Lipinski definition) is 3. The summed E-state index contributed by atoms with van der Waals surface area (Å²) in [6.07, 6.45) is 19.2. The minimum Gasteiger partial charge on any atom is -0.160 e. The fourth-order valence-corrected chi connectivity index (χ4v) is 4.66. The SMILES string of the molecule is CCCCCCCCCc1ccc([S+]([O])(=O)ON)c(CCCCCCCCC)c1. The molecule has 2 N–H and O–H groups in total. The van der Waals surface area contributed by atoms with Crippen LogP contribution in [0.1, 0.15) is 115 Å². The zero-order chi connectivity index (χ0) is 21.4. The molecular weight excluding hydrogens is 382 g/mol. The molecule has 4 nitrogen and oxygen atoms in total. The Bertz CT molecular complexity index is 591. The van der Waals surface area contributed by atoms with Gasteiger partial charge >= 0.3 is 10.5 Å². The zero-order valence-corrected chi connectivity index (χ0v) is 19.6. The Morgan fingerprint density at radius 1 is 0.759 bits per heavy atom. The van der Waals surface area contributed by atoms with Crippen LogP contribution >= 0.6 is 0 Å². The van der Waals surface area contributed by atoms with Gasteiger partial charge in [-0.1, -0.05) is 103 Å². The number of unbranched alkanes of at least 4 members (excludes halogenated alkanes) is 12. The Balaban J connectivity index is 2.55. The van der Waals surface area contributed by atoms with Crippen molar-refractivity contribution in [1.82, 2.24) is 0 Å². The molecule has 0 saturated heterocycles. The average molecular weight is 426 g/mol. The van der Waals surface area contributed by atoms with Gasteiger partial charge < -0.3 is 0 Å². The van der Waals surface area contributed by atoms with E-state index in [1.807, 2.05) is 6.07 Å². The van der Waals surface area contributed by atoms with Crippen molar-refractivity contribution in [2.75, 3.05) is 0 Å². The predicted octanol–water partition coefficient (Wildman–Crippen LogP) is 7.28. The first kappa shape index (κ1) is 26.3. The third-order valence-corrected chi connectivity index (χ3v) is 6.83. The van der Waals surface area contributed by atoms with E-state index in [0.29, 0.717) is 0 Å². The molecule has 1 radical (unpaired) electrons. The summed E-state index contributed by atoms with van der Waals surface area (Å²) in [6.45, 7) is 4.46. The normalized spacial score (nSPS) is 13.5. The summed E-state index contributed by atoms with van der Waals surface area (Å²) in [5.41, 5.74) is 2.07. The summed E-state index contributed by atoms with van der Waals surface area (Å²) in [4.78, 5) is 0.231. The quantitative estimate of drug-likeness (QED) is 0.152. The molecular formula is C24H43NO3S+. The molecule has 0 fully saturated rings. The minimum absolute atomic E-state index is 0.231. The van der Waals surface area contributed by atoms with Crippen molar-refractivity contribution in [2.45, 2.75) is 121 Å². The van der Waals surface area contributed by atoms with E-state index in [-0.39, 0.29) is 4.90 Å². The second-order valence-corrected chi connectivity index (χ2v) is 9.78. The molecule has 0 aliphatic heterocycles. The third-order valence-electron chi connectivity index (χ3n) is 5.64. The Labute approximate surface area is 180 Å². The maximum atomic E-state index is 12.2. The first-order chi connectivity index (χ1) is 14.0. The molecule has 0 bridgehead atoms. The fourth-order valence-electron chi connectivity index (χ4n) is 3.84. The molecule has 29 heavy (non-hydrogen) atoms. The van der Waals surface area contributed by atoms with E-state index >= 15 is 0 Å². The second-order valence-electron chi connectivity index (χ2n) is 8.24. The largest absolute Gasteiger partial charge is 0.447 e. The molecule has 0 aliphatic carbocycles. The van der Waals surface area contributed by atoms with E-state index < -0.39 is 10.5 Å². The van der Waals surface area contributed by atoms with Crippen LogP contribution in [-0.2, 0) is 36.4 Å². The topological polar surface area (TPSA) is 72.2 Å². The lowest BCUT2D eigenvalue weighted by Gasteiger charge is -2.09. The van der Waals surface area contributed by atoms with Gasteiger partial charge in [-0.25, -0.2) is 0 Å². The summed E-state index contributed by atoms with van der Waals surface area (Å²) < 4.78 is 28.7. The summed E-state index contributed by atoms with van der Waals surface area (Å²) in [5, 5.41) is 0. The van der Waals surface area contributed by atoms with Crippen molar-refractivity contribution in [3.05, 3.63) is 29.3 Å². The molecule has 0 amide bonds. The van der Waals surface area contributed by atoms with Crippen LogP contribution in [0.3, 0.4) is 0 Å². The van der Waals surface area contributed by atoms with E-state index in [4.69, 9.17) is 5.90 Å². The number of nitrogens with two attached hydrogens (primary N) is 1. The van der Waals surface area contributed by atoms with Crippen molar-refractivity contribution in [1.29, 1.82) is 0 Å². The molecule has 1 aromatic carbocycles. The van der Waals surface area contributed by atoms with Gasteiger partial charge in [0.05, 0.1) is 4.55 Å². The highest BCUT2D eigenvalue weighted by atomic mass is 32.3. The average Bonchev–Trinajstić information content (AvgIpc) is 2.72. The number of rotatable bonds is 18. The molecule has 0 saturated carbocycles. The van der Waals surface area contributed by atoms with E-state index in [2.05, 4.69) is 24.2 Å². The van der Waals surface area contributed by atoms with Crippen molar-refractivity contribution >= 4 is 10.5 Å². The molecule has 1 unspecified atom stereocenters. The molecule has 0 spiro atoms. The standard InChI is InChI=1S/C24H43NO3S/c1-3-5-7-9-11-13-15-17-22-19-20-24(29(26,27)28-25)23(21-22)18-16-14-12-10-8-6-4-2/h19-21H,3-18,25H2,1-2H3/q+1. The molecule has 1 aromatic rings. The highest BCUT2D eigenvalue weighted by molar-refractivity contribution is 7.93. The molecule has 167 valence electrons. The fraction of sp³-hybridized carbons (Fsp3) is 0.750. The van der Waals surface area contributed by atoms with Crippen LogP contribution in [0.2, 0.25) is 0 Å². The maximum Gasteiger partial charge on any atom is 0.447 e. The highest BCUT2D eigenvalue weighted by Crippen LogP contribution is 2.26. The first-order valence-corrected chi connectivity index (χ1v) is 13.2. The summed E-state index contributed by atoms with van der Waals surface area (Å²) >= 11 is 0. The third kappa shape index (κ3) is 11.3. The van der Waals surface area contributed by atoms with Gasteiger partial charge in [-0.2, -0.15) is 5.90 Å². The van der Waals surface area contributed by atoms with Gasteiger partial charge in [0.15, 0.2) is 0 Å². The lowest BCUT2D eigenvalue weighted by Crippen LogP contribution is -2.19.